The number of hydrazone groups is 1. The molecule has 0 saturated heterocycles. The smallest absolute Gasteiger partial charge is 0.240 e. The van der Waals surface area contributed by atoms with Crippen molar-refractivity contribution in [2.24, 2.45) is 5.10 Å². The van der Waals surface area contributed by atoms with Crippen LogP contribution in [0.3, 0.4) is 0 Å². The molecular formula is C18H18N2O2. The predicted octanol–water partition coefficient (Wildman–Crippen LogP) is 3.40. The molecule has 0 unspecified atom stereocenters. The second kappa shape index (κ2) is 5.64. The standard InChI is InChI=1S/C18H18N2O2/c1-12-6-8-14(9-7-12)18-11-17(19-20(18)13(2)21)15-4-3-5-16(22)10-15/h3-10,18,22H,11H2,1-2H3/t18-/m0/s1. The van der Waals surface area contributed by atoms with E-state index in [0.717, 1.165) is 16.8 Å². The minimum Gasteiger partial charge on any atom is -0.508 e. The third kappa shape index (κ3) is 2.72. The normalized spacial score (nSPS) is 17.5. The molecule has 22 heavy (non-hydrogen) atoms. The molecule has 1 amide bonds. The summed E-state index contributed by atoms with van der Waals surface area (Å²) in [4.78, 5) is 11.9. The van der Waals surface area contributed by atoms with Crippen molar-refractivity contribution < 1.29 is 9.90 Å². The Morgan fingerprint density at radius 1 is 1.23 bits per heavy atom. The molecule has 2 aromatic rings. The van der Waals surface area contributed by atoms with Crippen LogP contribution in [0.25, 0.3) is 0 Å². The first-order valence-corrected chi connectivity index (χ1v) is 7.28. The first kappa shape index (κ1) is 14.3. The van der Waals surface area contributed by atoms with E-state index in [1.807, 2.05) is 37.3 Å². The minimum atomic E-state index is -0.0875. The number of nitrogens with zero attached hydrogens (tertiary/aromatic N) is 2. The van der Waals surface area contributed by atoms with Crippen molar-refractivity contribution in [3.63, 3.8) is 0 Å². The molecule has 1 N–H and O–H groups in total. The molecule has 1 atom stereocenters. The number of benzene rings is 2. The number of aromatic hydroxyl groups is 1. The Bertz CT molecular complexity index is 735. The third-order valence-corrected chi connectivity index (χ3v) is 3.87. The topological polar surface area (TPSA) is 52.9 Å². The highest BCUT2D eigenvalue weighted by molar-refractivity contribution is 6.03. The molecule has 1 aliphatic rings. The number of carbonyl (C=O) groups excluding carboxylic acids is 1. The second-order valence-corrected chi connectivity index (χ2v) is 5.59. The highest BCUT2D eigenvalue weighted by atomic mass is 16.3. The van der Waals surface area contributed by atoms with Gasteiger partial charge in [-0.15, -0.1) is 0 Å². The van der Waals surface area contributed by atoms with E-state index in [9.17, 15) is 9.90 Å². The van der Waals surface area contributed by atoms with E-state index in [-0.39, 0.29) is 17.7 Å². The van der Waals surface area contributed by atoms with Crippen molar-refractivity contribution >= 4 is 11.6 Å². The maximum Gasteiger partial charge on any atom is 0.240 e. The number of amides is 1. The van der Waals surface area contributed by atoms with Gasteiger partial charge in [0.05, 0.1) is 11.8 Å². The summed E-state index contributed by atoms with van der Waals surface area (Å²) in [6, 6.07) is 15.1. The summed E-state index contributed by atoms with van der Waals surface area (Å²) < 4.78 is 0. The van der Waals surface area contributed by atoms with Crippen molar-refractivity contribution in [3.8, 4) is 5.75 Å². The number of phenolic OH excluding ortho intramolecular Hbond substituents is 1. The zero-order valence-electron chi connectivity index (χ0n) is 12.7. The Balaban J connectivity index is 1.94. The van der Waals surface area contributed by atoms with E-state index in [2.05, 4.69) is 5.10 Å². The van der Waals surface area contributed by atoms with Crippen LogP contribution in [0.4, 0.5) is 0 Å². The number of carbonyl (C=O) groups is 1. The van der Waals surface area contributed by atoms with E-state index < -0.39 is 0 Å². The fraction of sp³-hybridized carbons (Fsp3) is 0.222. The van der Waals surface area contributed by atoms with Gasteiger partial charge in [-0.1, -0.05) is 42.0 Å². The Morgan fingerprint density at radius 2 is 1.95 bits per heavy atom. The van der Waals surface area contributed by atoms with Crippen LogP contribution >= 0.6 is 0 Å². The van der Waals surface area contributed by atoms with Crippen LogP contribution in [-0.4, -0.2) is 21.7 Å². The Labute approximate surface area is 129 Å². The molecule has 112 valence electrons. The highest BCUT2D eigenvalue weighted by Crippen LogP contribution is 2.33. The average Bonchev–Trinajstić information content (AvgIpc) is 2.93. The molecule has 2 aromatic carbocycles. The summed E-state index contributed by atoms with van der Waals surface area (Å²) in [5.41, 5.74) is 3.92. The van der Waals surface area contributed by atoms with Crippen molar-refractivity contribution in [3.05, 3.63) is 65.2 Å². The van der Waals surface area contributed by atoms with Crippen molar-refractivity contribution in [2.45, 2.75) is 26.3 Å². The van der Waals surface area contributed by atoms with Gasteiger partial charge in [-0.3, -0.25) is 4.79 Å². The molecule has 0 bridgehead atoms. The maximum atomic E-state index is 11.9. The first-order chi connectivity index (χ1) is 10.5. The molecular weight excluding hydrogens is 276 g/mol. The lowest BCUT2D eigenvalue weighted by atomic mass is 9.97. The molecule has 4 heteroatoms. The summed E-state index contributed by atoms with van der Waals surface area (Å²) >= 11 is 0. The third-order valence-electron chi connectivity index (χ3n) is 3.87. The first-order valence-electron chi connectivity index (χ1n) is 7.28. The van der Waals surface area contributed by atoms with E-state index in [0.29, 0.717) is 6.42 Å². The van der Waals surface area contributed by atoms with Crippen LogP contribution in [0.1, 0.15) is 36.1 Å². The van der Waals surface area contributed by atoms with E-state index in [4.69, 9.17) is 0 Å². The molecule has 3 rings (SSSR count). The lowest BCUT2D eigenvalue weighted by molar-refractivity contribution is -0.130. The van der Waals surface area contributed by atoms with Gasteiger partial charge in [-0.2, -0.15) is 5.10 Å². The van der Waals surface area contributed by atoms with Gasteiger partial charge in [0.1, 0.15) is 5.75 Å². The van der Waals surface area contributed by atoms with Gasteiger partial charge in [-0.25, -0.2) is 5.01 Å². The SMILES string of the molecule is CC(=O)N1N=C(c2cccc(O)c2)C[C@H]1c1ccc(C)cc1. The van der Waals surface area contributed by atoms with Crippen molar-refractivity contribution in [2.75, 3.05) is 0 Å². The Kier molecular flexibility index (Phi) is 3.67. The summed E-state index contributed by atoms with van der Waals surface area (Å²) in [5, 5.41) is 15.6. The monoisotopic (exact) mass is 294 g/mol. The van der Waals surface area contributed by atoms with Gasteiger partial charge < -0.3 is 5.11 Å². The number of hydrogen-bond acceptors (Lipinski definition) is 3. The van der Waals surface area contributed by atoms with E-state index >= 15 is 0 Å². The summed E-state index contributed by atoms with van der Waals surface area (Å²) in [6.07, 6.45) is 0.645. The molecule has 0 aromatic heterocycles. The van der Waals surface area contributed by atoms with Crippen LogP contribution in [-0.2, 0) is 4.79 Å². The van der Waals surface area contributed by atoms with E-state index in [1.54, 1.807) is 18.2 Å². The van der Waals surface area contributed by atoms with Gasteiger partial charge in [0.25, 0.3) is 0 Å². The fourth-order valence-electron chi connectivity index (χ4n) is 2.71. The quantitative estimate of drug-likeness (QED) is 0.923. The maximum absolute atomic E-state index is 11.9. The lowest BCUT2D eigenvalue weighted by Crippen LogP contribution is -2.24. The van der Waals surface area contributed by atoms with Crippen LogP contribution in [0.15, 0.2) is 53.6 Å². The van der Waals surface area contributed by atoms with E-state index in [1.165, 1.54) is 17.5 Å². The van der Waals surface area contributed by atoms with Gasteiger partial charge in [0.15, 0.2) is 0 Å². The molecule has 1 aliphatic heterocycles. The van der Waals surface area contributed by atoms with Crippen LogP contribution < -0.4 is 0 Å². The summed E-state index contributed by atoms with van der Waals surface area (Å²) in [7, 11) is 0. The lowest BCUT2D eigenvalue weighted by Gasteiger charge is -2.20. The molecule has 0 saturated carbocycles. The molecule has 0 fully saturated rings. The minimum absolute atomic E-state index is 0.0827. The summed E-state index contributed by atoms with van der Waals surface area (Å²) in [5.74, 6) is 0.120. The van der Waals surface area contributed by atoms with Crippen LogP contribution in [0.5, 0.6) is 5.75 Å². The van der Waals surface area contributed by atoms with Gasteiger partial charge in [0.2, 0.25) is 5.91 Å². The number of phenols is 1. The zero-order chi connectivity index (χ0) is 15.7. The second-order valence-electron chi connectivity index (χ2n) is 5.59. The molecule has 1 heterocycles. The molecule has 4 nitrogen and oxygen atoms in total. The molecule has 0 spiro atoms. The Hall–Kier alpha value is -2.62. The average molecular weight is 294 g/mol. The predicted molar refractivity (Wildman–Crippen MR) is 85.7 cm³/mol. The molecule has 0 radical (unpaired) electrons. The van der Waals surface area contributed by atoms with Crippen molar-refractivity contribution in [1.82, 2.24) is 5.01 Å². The van der Waals surface area contributed by atoms with Gasteiger partial charge in [0, 0.05) is 18.9 Å². The summed E-state index contributed by atoms with van der Waals surface area (Å²) in [6.45, 7) is 3.56. The van der Waals surface area contributed by atoms with Crippen LogP contribution in [0.2, 0.25) is 0 Å². The van der Waals surface area contributed by atoms with Gasteiger partial charge in [-0.05, 0) is 24.6 Å². The fourth-order valence-corrected chi connectivity index (χ4v) is 2.71. The number of rotatable bonds is 2. The Morgan fingerprint density at radius 3 is 2.59 bits per heavy atom. The van der Waals surface area contributed by atoms with Gasteiger partial charge >= 0.3 is 0 Å². The number of aryl methyl sites for hydroxylation is 1. The largest absolute Gasteiger partial charge is 0.508 e. The molecule has 0 aliphatic carbocycles. The van der Waals surface area contributed by atoms with Crippen molar-refractivity contribution in [1.29, 1.82) is 0 Å². The van der Waals surface area contributed by atoms with Crippen LogP contribution in [0, 0.1) is 6.92 Å². The highest BCUT2D eigenvalue weighted by Gasteiger charge is 2.31. The number of hydrogen-bond donors (Lipinski definition) is 1. The zero-order valence-corrected chi connectivity index (χ0v) is 12.7.